The largest absolute Gasteiger partial charge is 0.463 e. The van der Waals surface area contributed by atoms with Crippen LogP contribution in [-0.4, -0.2) is 45.5 Å². The molecule has 0 unspecified atom stereocenters. The van der Waals surface area contributed by atoms with Crippen LogP contribution in [0.4, 0.5) is 5.82 Å². The SMILES string of the molecule is O=C(NCCn1nc(-c2cccs2)ccc1=O)[C@@H]1CCCN(c2ccc(-c3ccco3)nn2)C1. The van der Waals surface area contributed by atoms with Crippen molar-refractivity contribution in [3.63, 3.8) is 0 Å². The van der Waals surface area contributed by atoms with E-state index < -0.39 is 0 Å². The number of piperidine rings is 1. The Morgan fingerprint density at radius 2 is 2.03 bits per heavy atom. The van der Waals surface area contributed by atoms with Gasteiger partial charge in [-0.2, -0.15) is 5.10 Å². The van der Waals surface area contributed by atoms with E-state index in [1.807, 2.05) is 41.8 Å². The van der Waals surface area contributed by atoms with Crippen LogP contribution in [-0.2, 0) is 11.3 Å². The number of nitrogens with one attached hydrogen (secondary N) is 1. The second kappa shape index (κ2) is 10.0. The molecule has 5 rings (SSSR count). The maximum Gasteiger partial charge on any atom is 0.266 e. The lowest BCUT2D eigenvalue weighted by atomic mass is 9.97. The molecular weight excluding hydrogens is 452 g/mol. The Bertz CT molecular complexity index is 1290. The van der Waals surface area contributed by atoms with E-state index in [0.717, 1.165) is 35.8 Å². The number of anilines is 1. The summed E-state index contributed by atoms with van der Waals surface area (Å²) in [5.41, 5.74) is 1.24. The van der Waals surface area contributed by atoms with Crippen LogP contribution in [0.25, 0.3) is 22.0 Å². The molecular formula is C24H24N6O3S. The molecule has 0 aliphatic carbocycles. The number of hydrogen-bond donors (Lipinski definition) is 1. The maximum absolute atomic E-state index is 12.8. The second-order valence-corrected chi connectivity index (χ2v) is 9.04. The summed E-state index contributed by atoms with van der Waals surface area (Å²) in [7, 11) is 0. The van der Waals surface area contributed by atoms with Gasteiger partial charge in [0.1, 0.15) is 11.4 Å². The van der Waals surface area contributed by atoms with Gasteiger partial charge in [-0.3, -0.25) is 9.59 Å². The molecule has 174 valence electrons. The fraction of sp³-hybridized carbons (Fsp3) is 0.292. The van der Waals surface area contributed by atoms with Gasteiger partial charge >= 0.3 is 0 Å². The molecule has 0 bridgehead atoms. The summed E-state index contributed by atoms with van der Waals surface area (Å²) in [6, 6.07) is 14.6. The average molecular weight is 477 g/mol. The molecule has 1 N–H and O–H groups in total. The molecule has 34 heavy (non-hydrogen) atoms. The fourth-order valence-corrected chi connectivity index (χ4v) is 4.73. The molecule has 1 fully saturated rings. The third kappa shape index (κ3) is 4.91. The smallest absolute Gasteiger partial charge is 0.266 e. The van der Waals surface area contributed by atoms with Crippen molar-refractivity contribution in [2.45, 2.75) is 19.4 Å². The number of thiophene rings is 1. The van der Waals surface area contributed by atoms with Crippen molar-refractivity contribution >= 4 is 23.1 Å². The number of hydrogen-bond acceptors (Lipinski definition) is 8. The molecule has 1 atom stereocenters. The van der Waals surface area contributed by atoms with Gasteiger partial charge in [-0.15, -0.1) is 21.5 Å². The van der Waals surface area contributed by atoms with Gasteiger partial charge in [0.15, 0.2) is 11.6 Å². The molecule has 1 aliphatic heterocycles. The van der Waals surface area contributed by atoms with E-state index in [0.29, 0.717) is 31.1 Å². The van der Waals surface area contributed by atoms with Crippen molar-refractivity contribution in [3.05, 3.63) is 70.5 Å². The highest BCUT2D eigenvalue weighted by Crippen LogP contribution is 2.24. The van der Waals surface area contributed by atoms with Crippen LogP contribution in [0.1, 0.15) is 12.8 Å². The first kappa shape index (κ1) is 22.0. The van der Waals surface area contributed by atoms with E-state index in [2.05, 4.69) is 25.5 Å². The van der Waals surface area contributed by atoms with Crippen LogP contribution in [0.3, 0.4) is 0 Å². The summed E-state index contributed by atoms with van der Waals surface area (Å²) in [4.78, 5) is 28.1. The summed E-state index contributed by atoms with van der Waals surface area (Å²) in [5.74, 6) is 1.24. The predicted molar refractivity (Wildman–Crippen MR) is 129 cm³/mol. The second-order valence-electron chi connectivity index (χ2n) is 8.09. The van der Waals surface area contributed by atoms with Gasteiger partial charge in [0.25, 0.3) is 5.56 Å². The standard InChI is InChI=1S/C24H24N6O3S/c31-23-10-8-19(21-6-3-15-34-21)28-30(23)13-11-25-24(32)17-4-1-12-29(16-17)22-9-7-18(26-27-22)20-5-2-14-33-20/h2-3,5-10,14-15,17H,1,4,11-13,16H2,(H,25,32)/t17-/m1/s1. The van der Waals surface area contributed by atoms with Crippen molar-refractivity contribution in [1.82, 2.24) is 25.3 Å². The van der Waals surface area contributed by atoms with E-state index in [1.165, 1.54) is 10.7 Å². The molecule has 0 radical (unpaired) electrons. The van der Waals surface area contributed by atoms with E-state index >= 15 is 0 Å². The first-order chi connectivity index (χ1) is 16.7. The topological polar surface area (TPSA) is 106 Å². The molecule has 1 saturated heterocycles. The van der Waals surface area contributed by atoms with Crippen LogP contribution in [0.5, 0.6) is 0 Å². The summed E-state index contributed by atoms with van der Waals surface area (Å²) < 4.78 is 6.76. The van der Waals surface area contributed by atoms with E-state index in [4.69, 9.17) is 4.42 Å². The Balaban J connectivity index is 1.16. The van der Waals surface area contributed by atoms with Crippen molar-refractivity contribution < 1.29 is 9.21 Å². The highest BCUT2D eigenvalue weighted by Gasteiger charge is 2.26. The quantitative estimate of drug-likeness (QED) is 0.437. The lowest BCUT2D eigenvalue weighted by Crippen LogP contribution is -2.44. The van der Waals surface area contributed by atoms with Crippen LogP contribution in [0.2, 0.25) is 0 Å². The number of carbonyl (C=O) groups is 1. The molecule has 0 spiro atoms. The zero-order chi connectivity index (χ0) is 23.3. The van der Waals surface area contributed by atoms with Gasteiger partial charge in [0.05, 0.1) is 23.6 Å². The minimum absolute atomic E-state index is 0.0210. The molecule has 1 amide bonds. The summed E-state index contributed by atoms with van der Waals surface area (Å²) >= 11 is 1.57. The fourth-order valence-electron chi connectivity index (χ4n) is 4.04. The summed E-state index contributed by atoms with van der Waals surface area (Å²) in [5, 5.41) is 18.0. The molecule has 5 heterocycles. The Hall–Kier alpha value is -3.79. The third-order valence-electron chi connectivity index (χ3n) is 5.80. The highest BCUT2D eigenvalue weighted by atomic mass is 32.1. The molecule has 10 heteroatoms. The van der Waals surface area contributed by atoms with Gasteiger partial charge < -0.3 is 14.6 Å². The van der Waals surface area contributed by atoms with Gasteiger partial charge in [0.2, 0.25) is 5.91 Å². The molecule has 0 aromatic carbocycles. The normalized spacial score (nSPS) is 15.9. The molecule has 9 nitrogen and oxygen atoms in total. The third-order valence-corrected chi connectivity index (χ3v) is 6.70. The van der Waals surface area contributed by atoms with Crippen molar-refractivity contribution in [2.75, 3.05) is 24.5 Å². The number of carbonyl (C=O) groups excluding carboxylic acids is 1. The van der Waals surface area contributed by atoms with E-state index in [1.54, 1.807) is 23.7 Å². The Kier molecular flexibility index (Phi) is 6.48. The summed E-state index contributed by atoms with van der Waals surface area (Å²) in [6.07, 6.45) is 3.31. The number of furan rings is 1. The van der Waals surface area contributed by atoms with Crippen molar-refractivity contribution in [3.8, 4) is 22.0 Å². The summed E-state index contributed by atoms with van der Waals surface area (Å²) in [6.45, 7) is 2.06. The monoisotopic (exact) mass is 476 g/mol. The average Bonchev–Trinajstić information content (AvgIpc) is 3.60. The first-order valence-electron chi connectivity index (χ1n) is 11.2. The molecule has 0 saturated carbocycles. The minimum atomic E-state index is -0.185. The molecule has 4 aromatic rings. The molecule has 1 aliphatic rings. The Labute approximate surface area is 200 Å². The van der Waals surface area contributed by atoms with Crippen LogP contribution >= 0.6 is 11.3 Å². The first-order valence-corrected chi connectivity index (χ1v) is 12.1. The van der Waals surface area contributed by atoms with Crippen LogP contribution < -0.4 is 15.8 Å². The molecule has 4 aromatic heterocycles. The highest BCUT2D eigenvalue weighted by molar-refractivity contribution is 7.13. The van der Waals surface area contributed by atoms with Gasteiger partial charge in [-0.1, -0.05) is 6.07 Å². The number of amides is 1. The number of nitrogens with zero attached hydrogens (tertiary/aromatic N) is 5. The number of rotatable bonds is 7. The minimum Gasteiger partial charge on any atom is -0.463 e. The van der Waals surface area contributed by atoms with E-state index in [-0.39, 0.29) is 17.4 Å². The Morgan fingerprint density at radius 1 is 1.12 bits per heavy atom. The Morgan fingerprint density at radius 3 is 2.79 bits per heavy atom. The van der Waals surface area contributed by atoms with Crippen LogP contribution in [0.15, 0.2) is 69.4 Å². The van der Waals surface area contributed by atoms with Gasteiger partial charge in [0, 0.05) is 25.7 Å². The maximum atomic E-state index is 12.8. The number of aromatic nitrogens is 4. The van der Waals surface area contributed by atoms with Gasteiger partial charge in [-0.05, 0) is 54.6 Å². The van der Waals surface area contributed by atoms with Gasteiger partial charge in [-0.25, -0.2) is 4.68 Å². The zero-order valence-electron chi connectivity index (χ0n) is 18.5. The lowest BCUT2D eigenvalue weighted by molar-refractivity contribution is -0.125. The zero-order valence-corrected chi connectivity index (χ0v) is 19.3. The van der Waals surface area contributed by atoms with Crippen LogP contribution in [0, 0.1) is 5.92 Å². The van der Waals surface area contributed by atoms with Crippen molar-refractivity contribution in [1.29, 1.82) is 0 Å². The van der Waals surface area contributed by atoms with E-state index in [9.17, 15) is 9.59 Å². The predicted octanol–water partition coefficient (Wildman–Crippen LogP) is 3.05. The lowest BCUT2D eigenvalue weighted by Gasteiger charge is -2.32. The van der Waals surface area contributed by atoms with Crippen molar-refractivity contribution in [2.24, 2.45) is 5.92 Å².